The molecule has 0 amide bonds. The van der Waals surface area contributed by atoms with E-state index in [-0.39, 0.29) is 0 Å². The number of hydrogen-bond donors (Lipinski definition) is 2. The van der Waals surface area contributed by atoms with Crippen molar-refractivity contribution >= 4 is 5.96 Å². The molecule has 0 aliphatic rings. The number of rotatable bonds is 14. The monoisotopic (exact) mass is 378 g/mol. The minimum absolute atomic E-state index is 0.635. The average Bonchev–Trinajstić information content (AvgIpc) is 2.69. The molecule has 6 heteroatoms. The third-order valence-electron chi connectivity index (χ3n) is 4.22. The van der Waals surface area contributed by atoms with Crippen molar-refractivity contribution in [2.45, 2.75) is 39.8 Å². The molecule has 1 rings (SSSR count). The van der Waals surface area contributed by atoms with E-state index in [1.807, 2.05) is 0 Å². The first-order chi connectivity index (χ1) is 13.2. The van der Waals surface area contributed by atoms with Gasteiger partial charge in [-0.25, -0.2) is 0 Å². The number of nitrogens with one attached hydrogen (secondary N) is 2. The predicted octanol–water partition coefficient (Wildman–Crippen LogP) is 2.64. The summed E-state index contributed by atoms with van der Waals surface area (Å²) in [5, 5.41) is 6.62. The molecule has 0 aliphatic carbocycles. The van der Waals surface area contributed by atoms with Crippen LogP contribution in [0.15, 0.2) is 29.3 Å². The molecule has 2 N–H and O–H groups in total. The molecule has 1 aromatic rings. The van der Waals surface area contributed by atoms with Crippen LogP contribution in [-0.4, -0.2) is 64.5 Å². The van der Waals surface area contributed by atoms with Crippen molar-refractivity contribution in [3.8, 4) is 0 Å². The Morgan fingerprint density at radius 2 is 1.78 bits per heavy atom. The molecular formula is C21H38N4O2. The van der Waals surface area contributed by atoms with Gasteiger partial charge in [-0.3, -0.25) is 4.99 Å². The lowest BCUT2D eigenvalue weighted by Gasteiger charge is -2.15. The van der Waals surface area contributed by atoms with E-state index in [1.54, 1.807) is 7.05 Å². The molecule has 0 fully saturated rings. The zero-order valence-corrected chi connectivity index (χ0v) is 17.6. The maximum absolute atomic E-state index is 5.56. The number of guanidine groups is 1. The molecule has 0 saturated carbocycles. The predicted molar refractivity (Wildman–Crippen MR) is 113 cm³/mol. The molecular weight excluding hydrogens is 340 g/mol. The third kappa shape index (κ3) is 11.6. The highest BCUT2D eigenvalue weighted by atomic mass is 16.5. The summed E-state index contributed by atoms with van der Waals surface area (Å²) in [5.74, 6) is 0.786. The van der Waals surface area contributed by atoms with Crippen molar-refractivity contribution in [1.82, 2.24) is 15.5 Å². The highest BCUT2D eigenvalue weighted by Crippen LogP contribution is 2.07. The van der Waals surface area contributed by atoms with E-state index in [2.05, 4.69) is 65.7 Å². The molecule has 0 heterocycles. The molecule has 0 unspecified atom stereocenters. The van der Waals surface area contributed by atoms with E-state index in [4.69, 9.17) is 9.47 Å². The number of ether oxygens (including phenoxy) is 2. The van der Waals surface area contributed by atoms with Crippen molar-refractivity contribution in [3.05, 3.63) is 35.4 Å². The second-order valence-electron chi connectivity index (χ2n) is 6.58. The van der Waals surface area contributed by atoms with Gasteiger partial charge >= 0.3 is 0 Å². The Hall–Kier alpha value is -1.63. The van der Waals surface area contributed by atoms with E-state index in [9.17, 15) is 0 Å². The number of benzene rings is 1. The summed E-state index contributed by atoms with van der Waals surface area (Å²) >= 11 is 0. The Morgan fingerprint density at radius 1 is 1.04 bits per heavy atom. The molecule has 0 aliphatic heterocycles. The average molecular weight is 379 g/mol. The van der Waals surface area contributed by atoms with Crippen molar-refractivity contribution in [2.24, 2.45) is 4.99 Å². The minimum atomic E-state index is 0.635. The van der Waals surface area contributed by atoms with Crippen LogP contribution in [0.4, 0.5) is 0 Å². The summed E-state index contributed by atoms with van der Waals surface area (Å²) in [6, 6.07) is 8.67. The zero-order valence-electron chi connectivity index (χ0n) is 17.6. The second-order valence-corrected chi connectivity index (χ2v) is 6.58. The fourth-order valence-corrected chi connectivity index (χ4v) is 2.48. The standard InChI is InChI=1S/C21H38N4O2/c1-5-7-12-26-14-15-27-13-11-23-21(22-3)24-17-19-9-8-10-20(16-19)18-25(4)6-2/h8-10,16H,5-7,11-15,17-18H2,1-4H3,(H2,22,23,24). The van der Waals surface area contributed by atoms with Gasteiger partial charge in [0.2, 0.25) is 0 Å². The first-order valence-corrected chi connectivity index (χ1v) is 10.1. The summed E-state index contributed by atoms with van der Waals surface area (Å²) in [6.45, 7) is 10.6. The van der Waals surface area contributed by atoms with Crippen LogP contribution in [0, 0.1) is 0 Å². The summed E-state index contributed by atoms with van der Waals surface area (Å²) < 4.78 is 11.0. The van der Waals surface area contributed by atoms with Crippen LogP contribution in [0.5, 0.6) is 0 Å². The fraction of sp³-hybridized carbons (Fsp3) is 0.667. The van der Waals surface area contributed by atoms with Gasteiger partial charge in [-0.05, 0) is 31.1 Å². The minimum Gasteiger partial charge on any atom is -0.379 e. The molecule has 0 radical (unpaired) electrons. The first-order valence-electron chi connectivity index (χ1n) is 10.1. The lowest BCUT2D eigenvalue weighted by atomic mass is 10.1. The Bertz CT molecular complexity index is 523. The molecule has 154 valence electrons. The highest BCUT2D eigenvalue weighted by Gasteiger charge is 2.01. The number of hydrogen-bond acceptors (Lipinski definition) is 4. The Balaban J connectivity index is 2.20. The zero-order chi connectivity index (χ0) is 19.7. The van der Waals surface area contributed by atoms with Crippen LogP contribution in [0.3, 0.4) is 0 Å². The van der Waals surface area contributed by atoms with Crippen LogP contribution in [-0.2, 0) is 22.6 Å². The van der Waals surface area contributed by atoms with Crippen LogP contribution in [0.2, 0.25) is 0 Å². The highest BCUT2D eigenvalue weighted by molar-refractivity contribution is 5.79. The van der Waals surface area contributed by atoms with Crippen molar-refractivity contribution < 1.29 is 9.47 Å². The topological polar surface area (TPSA) is 58.1 Å². The van der Waals surface area contributed by atoms with Crippen molar-refractivity contribution in [3.63, 3.8) is 0 Å². The van der Waals surface area contributed by atoms with Crippen LogP contribution < -0.4 is 10.6 Å². The van der Waals surface area contributed by atoms with Gasteiger partial charge in [-0.15, -0.1) is 0 Å². The van der Waals surface area contributed by atoms with E-state index < -0.39 is 0 Å². The first kappa shape index (κ1) is 23.4. The summed E-state index contributed by atoms with van der Waals surface area (Å²) in [4.78, 5) is 6.55. The van der Waals surface area contributed by atoms with Gasteiger partial charge in [0.05, 0.1) is 19.8 Å². The molecule has 0 saturated heterocycles. The normalized spacial score (nSPS) is 11.8. The Morgan fingerprint density at radius 3 is 2.48 bits per heavy atom. The molecule has 6 nitrogen and oxygen atoms in total. The van der Waals surface area contributed by atoms with Crippen molar-refractivity contribution in [2.75, 3.05) is 53.6 Å². The molecule has 0 bridgehead atoms. The SMILES string of the molecule is CCCCOCCOCCNC(=NC)NCc1cccc(CN(C)CC)c1. The van der Waals surface area contributed by atoms with E-state index in [1.165, 1.54) is 11.1 Å². The van der Waals surface area contributed by atoms with Crippen LogP contribution in [0.25, 0.3) is 0 Å². The quantitative estimate of drug-likeness (QED) is 0.296. The maximum Gasteiger partial charge on any atom is 0.191 e. The largest absolute Gasteiger partial charge is 0.379 e. The van der Waals surface area contributed by atoms with Gasteiger partial charge in [0.15, 0.2) is 5.96 Å². The number of unbranched alkanes of at least 4 members (excludes halogenated alkanes) is 1. The molecule has 27 heavy (non-hydrogen) atoms. The second kappa shape index (κ2) is 15.4. The van der Waals surface area contributed by atoms with E-state index in [0.717, 1.165) is 51.6 Å². The van der Waals surface area contributed by atoms with Gasteiger partial charge < -0.3 is 25.0 Å². The molecule has 0 atom stereocenters. The van der Waals surface area contributed by atoms with Crippen LogP contribution >= 0.6 is 0 Å². The summed E-state index contributed by atoms with van der Waals surface area (Å²) in [5.41, 5.74) is 2.58. The van der Waals surface area contributed by atoms with Gasteiger partial charge in [0.25, 0.3) is 0 Å². The lowest BCUT2D eigenvalue weighted by molar-refractivity contribution is 0.0487. The van der Waals surface area contributed by atoms with Crippen molar-refractivity contribution in [1.29, 1.82) is 0 Å². The maximum atomic E-state index is 5.56. The third-order valence-corrected chi connectivity index (χ3v) is 4.22. The number of nitrogens with zero attached hydrogens (tertiary/aromatic N) is 2. The van der Waals surface area contributed by atoms with Gasteiger partial charge in [-0.1, -0.05) is 44.5 Å². The van der Waals surface area contributed by atoms with Crippen LogP contribution in [0.1, 0.15) is 37.8 Å². The van der Waals surface area contributed by atoms with E-state index in [0.29, 0.717) is 19.8 Å². The molecule has 1 aromatic carbocycles. The number of aliphatic imine (C=N–C) groups is 1. The van der Waals surface area contributed by atoms with E-state index >= 15 is 0 Å². The van der Waals surface area contributed by atoms with Gasteiger partial charge in [-0.2, -0.15) is 0 Å². The smallest absolute Gasteiger partial charge is 0.191 e. The summed E-state index contributed by atoms with van der Waals surface area (Å²) in [7, 11) is 3.92. The fourth-order valence-electron chi connectivity index (χ4n) is 2.48. The molecule has 0 spiro atoms. The van der Waals surface area contributed by atoms with Gasteiger partial charge in [0.1, 0.15) is 0 Å². The Labute approximate surface area is 165 Å². The summed E-state index contributed by atoms with van der Waals surface area (Å²) in [6.07, 6.45) is 2.28. The molecule has 0 aromatic heterocycles. The van der Waals surface area contributed by atoms with Gasteiger partial charge in [0, 0.05) is 33.3 Å². The lowest BCUT2D eigenvalue weighted by Crippen LogP contribution is -2.38. The Kier molecular flexibility index (Phi) is 13.4.